The van der Waals surface area contributed by atoms with Gasteiger partial charge in [0.2, 0.25) is 0 Å². The minimum atomic E-state index is -0.478. The SMILES string of the molecule is C=C1CC([N+](=O)[O-])=CC=C1O. The maximum atomic E-state index is 10.2. The topological polar surface area (TPSA) is 63.4 Å². The maximum absolute atomic E-state index is 10.2. The first-order chi connectivity index (χ1) is 5.11. The fraction of sp³-hybridized carbons (Fsp3) is 0.143. The highest BCUT2D eigenvalue weighted by Gasteiger charge is 2.17. The van der Waals surface area contributed by atoms with E-state index in [2.05, 4.69) is 6.58 Å². The number of rotatable bonds is 1. The molecule has 0 heterocycles. The Morgan fingerprint density at radius 3 is 2.73 bits per heavy atom. The van der Waals surface area contributed by atoms with E-state index in [1.54, 1.807) is 0 Å². The van der Waals surface area contributed by atoms with Gasteiger partial charge in [-0.15, -0.1) is 0 Å². The molecular weight excluding hydrogens is 146 g/mol. The number of aliphatic hydroxyl groups excluding tert-OH is 1. The van der Waals surface area contributed by atoms with E-state index in [9.17, 15) is 10.1 Å². The molecule has 4 heteroatoms. The number of hydrogen-bond acceptors (Lipinski definition) is 3. The van der Waals surface area contributed by atoms with E-state index in [-0.39, 0.29) is 17.9 Å². The molecule has 0 radical (unpaired) electrons. The summed E-state index contributed by atoms with van der Waals surface area (Å²) < 4.78 is 0. The van der Waals surface area contributed by atoms with Gasteiger partial charge in [-0.3, -0.25) is 10.1 Å². The molecule has 1 aliphatic carbocycles. The third kappa shape index (κ3) is 1.46. The largest absolute Gasteiger partial charge is 0.508 e. The summed E-state index contributed by atoms with van der Waals surface area (Å²) in [5, 5.41) is 19.2. The molecule has 0 fully saturated rings. The molecule has 0 spiro atoms. The van der Waals surface area contributed by atoms with Crippen LogP contribution in [0.1, 0.15) is 6.42 Å². The highest BCUT2D eigenvalue weighted by Crippen LogP contribution is 2.20. The van der Waals surface area contributed by atoms with Crippen molar-refractivity contribution in [3.8, 4) is 0 Å². The molecule has 4 nitrogen and oxygen atoms in total. The summed E-state index contributed by atoms with van der Waals surface area (Å²) in [7, 11) is 0. The molecule has 0 amide bonds. The average molecular weight is 153 g/mol. The molecule has 1 aliphatic rings. The average Bonchev–Trinajstić information content (AvgIpc) is 1.94. The van der Waals surface area contributed by atoms with E-state index in [4.69, 9.17) is 5.11 Å². The second kappa shape index (κ2) is 2.57. The monoisotopic (exact) mass is 153 g/mol. The van der Waals surface area contributed by atoms with Crippen LogP contribution in [0.2, 0.25) is 0 Å². The van der Waals surface area contributed by atoms with Gasteiger partial charge >= 0.3 is 0 Å². The van der Waals surface area contributed by atoms with Crippen molar-refractivity contribution in [1.82, 2.24) is 0 Å². The lowest BCUT2D eigenvalue weighted by Gasteiger charge is -2.05. The number of hydrogen-bond donors (Lipinski definition) is 1. The van der Waals surface area contributed by atoms with Crippen LogP contribution >= 0.6 is 0 Å². The van der Waals surface area contributed by atoms with Crippen LogP contribution in [0.15, 0.2) is 35.8 Å². The van der Waals surface area contributed by atoms with E-state index < -0.39 is 4.92 Å². The zero-order chi connectivity index (χ0) is 8.43. The van der Waals surface area contributed by atoms with Crippen molar-refractivity contribution in [3.05, 3.63) is 45.9 Å². The molecule has 0 saturated carbocycles. The van der Waals surface area contributed by atoms with Gasteiger partial charge in [0, 0.05) is 6.08 Å². The molecule has 0 aromatic heterocycles. The van der Waals surface area contributed by atoms with Crippen molar-refractivity contribution in [3.63, 3.8) is 0 Å². The standard InChI is InChI=1S/C7H7NO3/c1-5-4-6(8(10)11)2-3-7(5)9/h2-3,9H,1,4H2. The quantitative estimate of drug-likeness (QED) is 0.459. The summed E-state index contributed by atoms with van der Waals surface area (Å²) in [6.45, 7) is 3.46. The van der Waals surface area contributed by atoms with Gasteiger partial charge in [0.05, 0.1) is 11.3 Å². The summed E-state index contributed by atoms with van der Waals surface area (Å²) in [5.74, 6) is 0.0237. The zero-order valence-electron chi connectivity index (χ0n) is 5.78. The Hall–Kier alpha value is -1.58. The molecule has 1 rings (SSSR count). The van der Waals surface area contributed by atoms with Gasteiger partial charge in [0.25, 0.3) is 5.70 Å². The van der Waals surface area contributed by atoms with Crippen molar-refractivity contribution in [2.45, 2.75) is 6.42 Å². The Morgan fingerprint density at radius 1 is 1.64 bits per heavy atom. The molecule has 0 unspecified atom stereocenters. The highest BCUT2D eigenvalue weighted by atomic mass is 16.6. The first-order valence-corrected chi connectivity index (χ1v) is 3.03. The molecule has 0 aromatic rings. The Balaban J connectivity index is 2.90. The summed E-state index contributed by atoms with van der Waals surface area (Å²) in [5.41, 5.74) is 0.451. The fourth-order valence-electron chi connectivity index (χ4n) is 0.787. The molecule has 58 valence electrons. The lowest BCUT2D eigenvalue weighted by Crippen LogP contribution is -2.04. The van der Waals surface area contributed by atoms with Crippen LogP contribution in [0.4, 0.5) is 0 Å². The van der Waals surface area contributed by atoms with Crippen molar-refractivity contribution >= 4 is 0 Å². The minimum absolute atomic E-state index is 0.0237. The second-order valence-electron chi connectivity index (χ2n) is 2.25. The Morgan fingerprint density at radius 2 is 2.27 bits per heavy atom. The predicted octanol–water partition coefficient (Wildman–Crippen LogP) is 1.55. The van der Waals surface area contributed by atoms with Crippen LogP contribution in [-0.2, 0) is 0 Å². The van der Waals surface area contributed by atoms with Crippen LogP contribution in [0.5, 0.6) is 0 Å². The van der Waals surface area contributed by atoms with Crippen LogP contribution in [0.3, 0.4) is 0 Å². The van der Waals surface area contributed by atoms with Crippen molar-refractivity contribution in [2.24, 2.45) is 0 Å². The summed E-state index contributed by atoms with van der Waals surface area (Å²) >= 11 is 0. The maximum Gasteiger partial charge on any atom is 0.250 e. The van der Waals surface area contributed by atoms with Crippen LogP contribution in [0, 0.1) is 10.1 Å². The van der Waals surface area contributed by atoms with E-state index in [1.165, 1.54) is 12.2 Å². The molecule has 0 aromatic carbocycles. The number of aliphatic hydroxyl groups is 1. The lowest BCUT2D eigenvalue weighted by molar-refractivity contribution is -0.427. The third-order valence-corrected chi connectivity index (χ3v) is 1.42. The number of allylic oxidation sites excluding steroid dienone is 4. The van der Waals surface area contributed by atoms with E-state index in [0.29, 0.717) is 5.57 Å². The van der Waals surface area contributed by atoms with Crippen LogP contribution in [-0.4, -0.2) is 10.0 Å². The molecule has 0 bridgehead atoms. The highest BCUT2D eigenvalue weighted by molar-refractivity contribution is 5.34. The smallest absolute Gasteiger partial charge is 0.250 e. The number of nitro groups is 1. The van der Waals surface area contributed by atoms with Gasteiger partial charge in [-0.05, 0) is 11.6 Å². The van der Waals surface area contributed by atoms with Crippen molar-refractivity contribution in [2.75, 3.05) is 0 Å². The van der Waals surface area contributed by atoms with Gasteiger partial charge in [0.1, 0.15) is 5.76 Å². The fourth-order valence-corrected chi connectivity index (χ4v) is 0.787. The zero-order valence-corrected chi connectivity index (χ0v) is 5.78. The minimum Gasteiger partial charge on any atom is -0.508 e. The van der Waals surface area contributed by atoms with Gasteiger partial charge < -0.3 is 5.11 Å². The van der Waals surface area contributed by atoms with Crippen molar-refractivity contribution < 1.29 is 10.0 Å². The van der Waals surface area contributed by atoms with Crippen molar-refractivity contribution in [1.29, 1.82) is 0 Å². The van der Waals surface area contributed by atoms with Crippen LogP contribution in [0.25, 0.3) is 0 Å². The molecule has 11 heavy (non-hydrogen) atoms. The van der Waals surface area contributed by atoms with Gasteiger partial charge in [-0.2, -0.15) is 0 Å². The molecule has 0 saturated heterocycles. The van der Waals surface area contributed by atoms with E-state index >= 15 is 0 Å². The van der Waals surface area contributed by atoms with Gasteiger partial charge in [-0.1, -0.05) is 6.58 Å². The molecule has 0 atom stereocenters. The Kier molecular flexibility index (Phi) is 1.76. The molecular formula is C7H7NO3. The first-order valence-electron chi connectivity index (χ1n) is 3.03. The van der Waals surface area contributed by atoms with E-state index in [0.717, 1.165) is 0 Å². The Bertz CT molecular complexity index is 275. The lowest BCUT2D eigenvalue weighted by atomic mass is 10.1. The number of nitrogens with zero attached hydrogens (tertiary/aromatic N) is 1. The first kappa shape index (κ1) is 7.53. The van der Waals surface area contributed by atoms with Crippen LogP contribution < -0.4 is 0 Å². The summed E-state index contributed by atoms with van der Waals surface area (Å²) in [4.78, 5) is 9.71. The predicted molar refractivity (Wildman–Crippen MR) is 39.5 cm³/mol. The summed E-state index contributed by atoms with van der Waals surface area (Å²) in [6, 6.07) is 0. The second-order valence-corrected chi connectivity index (χ2v) is 2.25. The summed E-state index contributed by atoms with van der Waals surface area (Å²) in [6.07, 6.45) is 2.68. The molecule has 0 aliphatic heterocycles. The van der Waals surface area contributed by atoms with Gasteiger partial charge in [0.15, 0.2) is 0 Å². The molecule has 1 N–H and O–H groups in total. The normalized spacial score (nSPS) is 17.3. The Labute approximate surface area is 63.3 Å². The third-order valence-electron chi connectivity index (χ3n) is 1.42. The van der Waals surface area contributed by atoms with Gasteiger partial charge in [-0.25, -0.2) is 0 Å². The van der Waals surface area contributed by atoms with E-state index in [1.807, 2.05) is 0 Å².